The fourth-order valence-corrected chi connectivity index (χ4v) is 3.38. The van der Waals surface area contributed by atoms with Gasteiger partial charge in [-0.05, 0) is 52.2 Å². The molecule has 6 nitrogen and oxygen atoms in total. The predicted molar refractivity (Wildman–Crippen MR) is 117 cm³/mol. The van der Waals surface area contributed by atoms with Crippen LogP contribution >= 0.6 is 0 Å². The minimum atomic E-state index is -0.148. The first kappa shape index (κ1) is 19.5. The summed E-state index contributed by atoms with van der Waals surface area (Å²) >= 11 is 0. The van der Waals surface area contributed by atoms with E-state index in [0.29, 0.717) is 24.4 Å². The zero-order chi connectivity index (χ0) is 20.9. The highest BCUT2D eigenvalue weighted by atomic mass is 16.5. The van der Waals surface area contributed by atoms with Crippen LogP contribution in [0, 0.1) is 0 Å². The molecule has 150 valence electrons. The van der Waals surface area contributed by atoms with Crippen molar-refractivity contribution in [2.75, 3.05) is 7.11 Å². The van der Waals surface area contributed by atoms with E-state index >= 15 is 0 Å². The molecule has 0 fully saturated rings. The van der Waals surface area contributed by atoms with Crippen LogP contribution in [0.2, 0.25) is 0 Å². The molecule has 1 amide bonds. The SMILES string of the molecule is COc1cncc(-c2cccc3cc(C(=O)NCc4cc(CN)ccn4)ccc23)c1. The maximum atomic E-state index is 12.7. The van der Waals surface area contributed by atoms with E-state index < -0.39 is 0 Å². The van der Waals surface area contributed by atoms with Crippen molar-refractivity contribution in [1.29, 1.82) is 0 Å². The molecule has 0 saturated heterocycles. The van der Waals surface area contributed by atoms with Crippen molar-refractivity contribution in [3.05, 3.63) is 90.0 Å². The van der Waals surface area contributed by atoms with Crippen molar-refractivity contribution < 1.29 is 9.53 Å². The van der Waals surface area contributed by atoms with E-state index in [2.05, 4.69) is 15.3 Å². The fourth-order valence-electron chi connectivity index (χ4n) is 3.38. The first-order chi connectivity index (χ1) is 14.7. The quantitative estimate of drug-likeness (QED) is 0.517. The summed E-state index contributed by atoms with van der Waals surface area (Å²) in [5, 5.41) is 4.94. The smallest absolute Gasteiger partial charge is 0.251 e. The number of benzene rings is 2. The molecule has 2 aromatic carbocycles. The van der Waals surface area contributed by atoms with Gasteiger partial charge in [0, 0.05) is 30.1 Å². The van der Waals surface area contributed by atoms with Crippen LogP contribution in [0.5, 0.6) is 5.75 Å². The number of hydrogen-bond acceptors (Lipinski definition) is 5. The van der Waals surface area contributed by atoms with Crippen molar-refractivity contribution in [1.82, 2.24) is 15.3 Å². The van der Waals surface area contributed by atoms with Gasteiger partial charge in [0.25, 0.3) is 5.91 Å². The molecule has 2 aromatic heterocycles. The summed E-state index contributed by atoms with van der Waals surface area (Å²) in [6.07, 6.45) is 5.18. The number of nitrogens with zero attached hydrogens (tertiary/aromatic N) is 2. The molecule has 0 bridgehead atoms. The Labute approximate surface area is 174 Å². The lowest BCUT2D eigenvalue weighted by atomic mass is 9.97. The molecule has 0 unspecified atom stereocenters. The number of nitrogens with one attached hydrogen (secondary N) is 1. The number of fused-ring (bicyclic) bond motifs is 1. The maximum Gasteiger partial charge on any atom is 0.251 e. The highest BCUT2D eigenvalue weighted by molar-refractivity contribution is 6.02. The van der Waals surface area contributed by atoms with Gasteiger partial charge in [0.1, 0.15) is 5.75 Å². The second-order valence-electron chi connectivity index (χ2n) is 6.90. The Morgan fingerprint density at radius 2 is 2.00 bits per heavy atom. The summed E-state index contributed by atoms with van der Waals surface area (Å²) < 4.78 is 5.29. The summed E-state index contributed by atoms with van der Waals surface area (Å²) in [6, 6.07) is 17.4. The van der Waals surface area contributed by atoms with Gasteiger partial charge in [-0.2, -0.15) is 0 Å². The molecule has 0 saturated carbocycles. The highest BCUT2D eigenvalue weighted by Gasteiger charge is 2.10. The molecular formula is C24H22N4O2. The van der Waals surface area contributed by atoms with E-state index in [1.54, 1.807) is 25.7 Å². The van der Waals surface area contributed by atoms with E-state index in [-0.39, 0.29) is 5.91 Å². The van der Waals surface area contributed by atoms with E-state index in [1.165, 1.54) is 0 Å². The molecule has 0 aliphatic heterocycles. The number of amides is 1. The third-order valence-corrected chi connectivity index (χ3v) is 4.95. The minimum absolute atomic E-state index is 0.148. The van der Waals surface area contributed by atoms with E-state index in [4.69, 9.17) is 10.5 Å². The lowest BCUT2D eigenvalue weighted by molar-refractivity contribution is 0.0950. The van der Waals surface area contributed by atoms with Crippen molar-refractivity contribution in [2.45, 2.75) is 13.1 Å². The lowest BCUT2D eigenvalue weighted by Crippen LogP contribution is -2.23. The van der Waals surface area contributed by atoms with Gasteiger partial charge >= 0.3 is 0 Å². The Kier molecular flexibility index (Phi) is 5.68. The van der Waals surface area contributed by atoms with Crippen LogP contribution in [0.4, 0.5) is 0 Å². The van der Waals surface area contributed by atoms with Crippen LogP contribution in [-0.2, 0) is 13.1 Å². The third-order valence-electron chi connectivity index (χ3n) is 4.95. The van der Waals surface area contributed by atoms with Crippen molar-refractivity contribution in [2.24, 2.45) is 5.73 Å². The number of carbonyl (C=O) groups excluding carboxylic acids is 1. The van der Waals surface area contributed by atoms with Gasteiger partial charge in [0.05, 0.1) is 25.5 Å². The Morgan fingerprint density at radius 1 is 1.10 bits per heavy atom. The van der Waals surface area contributed by atoms with Crippen LogP contribution in [0.3, 0.4) is 0 Å². The second-order valence-corrected chi connectivity index (χ2v) is 6.90. The van der Waals surface area contributed by atoms with Gasteiger partial charge in [0.15, 0.2) is 0 Å². The molecule has 2 heterocycles. The van der Waals surface area contributed by atoms with Gasteiger partial charge in [-0.15, -0.1) is 0 Å². The Bertz CT molecular complexity index is 1210. The molecule has 3 N–H and O–H groups in total. The number of methoxy groups -OCH3 is 1. The first-order valence-corrected chi connectivity index (χ1v) is 9.62. The number of pyridine rings is 2. The average Bonchev–Trinajstić information content (AvgIpc) is 2.81. The van der Waals surface area contributed by atoms with Crippen LogP contribution in [0.15, 0.2) is 73.2 Å². The number of aromatic nitrogens is 2. The van der Waals surface area contributed by atoms with E-state index in [1.807, 2.05) is 54.6 Å². The maximum absolute atomic E-state index is 12.7. The normalized spacial score (nSPS) is 10.7. The second kappa shape index (κ2) is 8.71. The van der Waals surface area contributed by atoms with Gasteiger partial charge < -0.3 is 15.8 Å². The number of ether oxygens (including phenoxy) is 1. The number of nitrogens with two attached hydrogens (primary N) is 1. The molecule has 0 atom stereocenters. The van der Waals surface area contributed by atoms with Gasteiger partial charge in [-0.25, -0.2) is 0 Å². The van der Waals surface area contributed by atoms with E-state index in [0.717, 1.165) is 33.2 Å². The van der Waals surface area contributed by atoms with Crippen molar-refractivity contribution in [3.63, 3.8) is 0 Å². The Hall–Kier alpha value is -3.77. The first-order valence-electron chi connectivity index (χ1n) is 9.62. The lowest BCUT2D eigenvalue weighted by Gasteiger charge is -2.10. The van der Waals surface area contributed by atoms with Crippen molar-refractivity contribution in [3.8, 4) is 16.9 Å². The molecular weight excluding hydrogens is 376 g/mol. The van der Waals surface area contributed by atoms with Crippen LogP contribution in [-0.4, -0.2) is 23.0 Å². The Morgan fingerprint density at radius 3 is 2.83 bits per heavy atom. The molecule has 30 heavy (non-hydrogen) atoms. The molecule has 0 aliphatic carbocycles. The molecule has 0 radical (unpaired) electrons. The molecule has 6 heteroatoms. The summed E-state index contributed by atoms with van der Waals surface area (Å²) in [5.41, 5.74) is 10.0. The number of carbonyl (C=O) groups is 1. The number of rotatable bonds is 6. The van der Waals surface area contributed by atoms with Gasteiger partial charge in [-0.1, -0.05) is 24.3 Å². The van der Waals surface area contributed by atoms with E-state index in [9.17, 15) is 4.79 Å². The standard InChI is InChI=1S/C24H22N4O2/c1-30-21-11-19(13-26-15-21)22-4-2-3-17-10-18(5-6-23(17)22)24(29)28-14-20-9-16(12-25)7-8-27-20/h2-11,13,15H,12,14,25H2,1H3,(H,28,29). The minimum Gasteiger partial charge on any atom is -0.495 e. The van der Waals surface area contributed by atoms with Crippen LogP contribution in [0.1, 0.15) is 21.6 Å². The average molecular weight is 398 g/mol. The highest BCUT2D eigenvalue weighted by Crippen LogP contribution is 2.30. The van der Waals surface area contributed by atoms with Crippen molar-refractivity contribution >= 4 is 16.7 Å². The summed E-state index contributed by atoms with van der Waals surface area (Å²) in [5.74, 6) is 0.554. The van der Waals surface area contributed by atoms with Gasteiger partial charge in [0.2, 0.25) is 0 Å². The largest absolute Gasteiger partial charge is 0.495 e. The zero-order valence-corrected chi connectivity index (χ0v) is 16.6. The van der Waals surface area contributed by atoms with Crippen LogP contribution < -0.4 is 15.8 Å². The molecule has 0 spiro atoms. The molecule has 0 aliphatic rings. The van der Waals surface area contributed by atoms with Crippen LogP contribution in [0.25, 0.3) is 21.9 Å². The number of hydrogen-bond donors (Lipinski definition) is 2. The molecule has 4 rings (SSSR count). The topological polar surface area (TPSA) is 90.1 Å². The summed E-state index contributed by atoms with van der Waals surface area (Å²) in [7, 11) is 1.62. The van der Waals surface area contributed by atoms with Gasteiger partial charge in [-0.3, -0.25) is 14.8 Å². The summed E-state index contributed by atoms with van der Waals surface area (Å²) in [4.78, 5) is 21.2. The zero-order valence-electron chi connectivity index (χ0n) is 16.6. The molecule has 4 aromatic rings. The Balaban J connectivity index is 1.58. The third kappa shape index (κ3) is 4.14. The summed E-state index contributed by atoms with van der Waals surface area (Å²) in [6.45, 7) is 0.791. The predicted octanol–water partition coefficient (Wildman–Crippen LogP) is 3.69. The fraction of sp³-hybridized carbons (Fsp3) is 0.125. The monoisotopic (exact) mass is 398 g/mol.